The zero-order valence-corrected chi connectivity index (χ0v) is 11.6. The Balaban J connectivity index is 2.55. The third-order valence-electron chi connectivity index (χ3n) is 3.11. The molecule has 3 nitrogen and oxygen atoms in total. The van der Waals surface area contributed by atoms with Crippen molar-refractivity contribution in [3.8, 4) is 0 Å². The van der Waals surface area contributed by atoms with Gasteiger partial charge in [0.25, 0.3) is 0 Å². The van der Waals surface area contributed by atoms with Gasteiger partial charge in [0.15, 0.2) is 0 Å². The number of sulfonamides is 1. The highest BCUT2D eigenvalue weighted by Gasteiger charge is 2.32. The third-order valence-corrected chi connectivity index (χ3v) is 5.37. The lowest BCUT2D eigenvalue weighted by atomic mass is 10.1. The minimum absolute atomic E-state index is 0.209. The van der Waals surface area contributed by atoms with Crippen LogP contribution in [0, 0.1) is 0 Å². The van der Waals surface area contributed by atoms with Crippen LogP contribution in [-0.4, -0.2) is 36.9 Å². The fourth-order valence-electron chi connectivity index (χ4n) is 2.22. The van der Waals surface area contributed by atoms with Crippen LogP contribution in [0.15, 0.2) is 0 Å². The van der Waals surface area contributed by atoms with Gasteiger partial charge < -0.3 is 0 Å². The predicted molar refractivity (Wildman–Crippen MR) is 68.4 cm³/mol. The zero-order valence-electron chi connectivity index (χ0n) is 9.99. The van der Waals surface area contributed by atoms with Crippen LogP contribution >= 0.6 is 11.6 Å². The molecule has 1 unspecified atom stereocenters. The van der Waals surface area contributed by atoms with E-state index in [2.05, 4.69) is 0 Å². The number of hydrogen-bond donors (Lipinski definition) is 0. The van der Waals surface area contributed by atoms with E-state index in [1.54, 1.807) is 4.31 Å². The number of rotatable bonds is 7. The van der Waals surface area contributed by atoms with Crippen LogP contribution < -0.4 is 0 Å². The van der Waals surface area contributed by atoms with Crippen molar-refractivity contribution in [1.82, 2.24) is 4.31 Å². The molecule has 0 bridgehead atoms. The summed E-state index contributed by atoms with van der Waals surface area (Å²) in [6.45, 7) is 2.73. The van der Waals surface area contributed by atoms with Crippen molar-refractivity contribution < 1.29 is 8.42 Å². The molecule has 1 aliphatic heterocycles. The minimum atomic E-state index is -3.01. The van der Waals surface area contributed by atoms with Gasteiger partial charge in [-0.3, -0.25) is 0 Å². The molecule has 0 aromatic rings. The summed E-state index contributed by atoms with van der Waals surface area (Å²) in [4.78, 5) is 0. The minimum Gasteiger partial charge on any atom is -0.212 e. The van der Waals surface area contributed by atoms with Gasteiger partial charge in [-0.1, -0.05) is 13.3 Å². The Morgan fingerprint density at radius 1 is 1.38 bits per heavy atom. The molecule has 1 aliphatic rings. The molecule has 1 rings (SSSR count). The fourth-order valence-corrected chi connectivity index (χ4v) is 4.34. The molecular weight excluding hydrogens is 246 g/mol. The van der Waals surface area contributed by atoms with Gasteiger partial charge in [0.1, 0.15) is 0 Å². The second-order valence-electron chi connectivity index (χ2n) is 4.41. The van der Waals surface area contributed by atoms with E-state index in [1.165, 1.54) is 0 Å². The van der Waals surface area contributed by atoms with Crippen molar-refractivity contribution >= 4 is 21.6 Å². The largest absolute Gasteiger partial charge is 0.214 e. The van der Waals surface area contributed by atoms with E-state index in [4.69, 9.17) is 11.6 Å². The van der Waals surface area contributed by atoms with Crippen molar-refractivity contribution in [3.05, 3.63) is 0 Å². The molecule has 1 saturated heterocycles. The normalized spacial score (nSPS) is 22.8. The van der Waals surface area contributed by atoms with Gasteiger partial charge in [-0.05, 0) is 32.1 Å². The van der Waals surface area contributed by atoms with E-state index in [9.17, 15) is 8.42 Å². The fraction of sp³-hybridized carbons (Fsp3) is 1.00. The van der Waals surface area contributed by atoms with Gasteiger partial charge in [-0.15, -0.1) is 11.6 Å². The van der Waals surface area contributed by atoms with E-state index in [1.807, 2.05) is 6.92 Å². The molecule has 0 aromatic heterocycles. The lowest BCUT2D eigenvalue weighted by molar-refractivity contribution is 0.368. The van der Waals surface area contributed by atoms with Crippen LogP contribution in [0.4, 0.5) is 0 Å². The predicted octanol–water partition coefficient (Wildman–Crippen LogP) is 2.60. The summed E-state index contributed by atoms with van der Waals surface area (Å²) in [7, 11) is -3.01. The summed E-state index contributed by atoms with van der Waals surface area (Å²) in [5.74, 6) is 0.931. The van der Waals surface area contributed by atoms with Crippen LogP contribution in [0.3, 0.4) is 0 Å². The summed E-state index contributed by atoms with van der Waals surface area (Å²) in [5.41, 5.74) is 0. The number of hydrogen-bond acceptors (Lipinski definition) is 2. The molecule has 96 valence electrons. The highest BCUT2D eigenvalue weighted by molar-refractivity contribution is 7.89. The lowest BCUT2D eigenvalue weighted by Gasteiger charge is -2.23. The first-order valence-electron chi connectivity index (χ1n) is 6.17. The standard InChI is InChI=1S/C11H22ClNO2S/c1-2-3-10-16(14,15)13-9-5-7-11(13)6-4-8-12/h11H,2-10H2,1H3. The van der Waals surface area contributed by atoms with Crippen molar-refractivity contribution in [3.63, 3.8) is 0 Å². The maximum Gasteiger partial charge on any atom is 0.214 e. The summed E-state index contributed by atoms with van der Waals surface area (Å²) < 4.78 is 25.8. The number of alkyl halides is 1. The van der Waals surface area contributed by atoms with Crippen LogP contribution in [-0.2, 0) is 10.0 Å². The van der Waals surface area contributed by atoms with Gasteiger partial charge in [0, 0.05) is 18.5 Å². The molecule has 0 spiro atoms. The number of unbranched alkanes of at least 4 members (excludes halogenated alkanes) is 1. The number of halogens is 1. The Bertz CT molecular complexity index is 292. The van der Waals surface area contributed by atoms with E-state index in [0.717, 1.165) is 38.5 Å². The highest BCUT2D eigenvalue weighted by Crippen LogP contribution is 2.25. The average Bonchev–Trinajstić information content (AvgIpc) is 2.72. The second kappa shape index (κ2) is 6.82. The molecule has 1 atom stereocenters. The molecule has 5 heteroatoms. The van der Waals surface area contributed by atoms with Crippen LogP contribution in [0.1, 0.15) is 45.4 Å². The molecule has 0 radical (unpaired) electrons. The Hall–Kier alpha value is 0.200. The molecule has 0 amide bonds. The Labute approximate surface area is 104 Å². The smallest absolute Gasteiger partial charge is 0.212 e. The van der Waals surface area contributed by atoms with Crippen LogP contribution in [0.5, 0.6) is 0 Å². The van der Waals surface area contributed by atoms with Crippen molar-refractivity contribution in [1.29, 1.82) is 0 Å². The summed E-state index contributed by atoms with van der Waals surface area (Å²) in [6, 6.07) is 0.209. The molecule has 1 heterocycles. The maximum absolute atomic E-state index is 12.1. The zero-order chi connectivity index (χ0) is 12.0. The average molecular weight is 268 g/mol. The van der Waals surface area contributed by atoms with E-state index >= 15 is 0 Å². The molecule has 1 fully saturated rings. The van der Waals surface area contributed by atoms with Crippen molar-refractivity contribution in [2.45, 2.75) is 51.5 Å². The van der Waals surface area contributed by atoms with E-state index < -0.39 is 10.0 Å². The van der Waals surface area contributed by atoms with Crippen LogP contribution in [0.25, 0.3) is 0 Å². The Morgan fingerprint density at radius 2 is 2.12 bits per heavy atom. The molecule has 0 aromatic carbocycles. The Morgan fingerprint density at radius 3 is 2.75 bits per heavy atom. The Kier molecular flexibility index (Phi) is 6.08. The van der Waals surface area contributed by atoms with Gasteiger partial charge in [-0.25, -0.2) is 8.42 Å². The van der Waals surface area contributed by atoms with Gasteiger partial charge in [0.05, 0.1) is 5.75 Å². The van der Waals surface area contributed by atoms with E-state index in [0.29, 0.717) is 18.2 Å². The van der Waals surface area contributed by atoms with Crippen molar-refractivity contribution in [2.75, 3.05) is 18.2 Å². The SMILES string of the molecule is CCCCS(=O)(=O)N1CCCC1CCCCl. The van der Waals surface area contributed by atoms with Gasteiger partial charge in [-0.2, -0.15) is 4.31 Å². The summed E-state index contributed by atoms with van der Waals surface area (Å²) in [6.07, 6.45) is 5.52. The van der Waals surface area contributed by atoms with Gasteiger partial charge in [0.2, 0.25) is 10.0 Å². The molecular formula is C11H22ClNO2S. The first-order valence-corrected chi connectivity index (χ1v) is 8.31. The summed E-state index contributed by atoms with van der Waals surface area (Å²) >= 11 is 5.66. The highest BCUT2D eigenvalue weighted by atomic mass is 35.5. The maximum atomic E-state index is 12.1. The molecule has 0 saturated carbocycles. The molecule has 16 heavy (non-hydrogen) atoms. The quantitative estimate of drug-likeness (QED) is 0.665. The lowest BCUT2D eigenvalue weighted by Crippen LogP contribution is -2.37. The van der Waals surface area contributed by atoms with Crippen molar-refractivity contribution in [2.24, 2.45) is 0 Å². The molecule has 0 aliphatic carbocycles. The number of nitrogens with zero attached hydrogens (tertiary/aromatic N) is 1. The second-order valence-corrected chi connectivity index (χ2v) is 6.83. The van der Waals surface area contributed by atoms with E-state index in [-0.39, 0.29) is 6.04 Å². The third kappa shape index (κ3) is 3.90. The first kappa shape index (κ1) is 14.3. The topological polar surface area (TPSA) is 37.4 Å². The van der Waals surface area contributed by atoms with Crippen LogP contribution in [0.2, 0.25) is 0 Å². The monoisotopic (exact) mass is 267 g/mol. The first-order chi connectivity index (χ1) is 7.61. The van der Waals surface area contributed by atoms with Gasteiger partial charge >= 0.3 is 0 Å². The summed E-state index contributed by atoms with van der Waals surface area (Å²) in [5, 5.41) is 0. The molecule has 0 N–H and O–H groups in total.